The van der Waals surface area contributed by atoms with Crippen LogP contribution < -0.4 is 15.6 Å². The summed E-state index contributed by atoms with van der Waals surface area (Å²) in [5, 5.41) is 11.4. The number of amides is 1. The molecule has 2 heterocycles. The first kappa shape index (κ1) is 20.3. The second-order valence-corrected chi connectivity index (χ2v) is 6.83. The van der Waals surface area contributed by atoms with Crippen LogP contribution >= 0.6 is 11.6 Å². The molecule has 2 aromatic carbocycles. The summed E-state index contributed by atoms with van der Waals surface area (Å²) in [6.45, 7) is -0.303. The molecule has 0 saturated heterocycles. The number of hydrogen-bond acceptors (Lipinski definition) is 7. The van der Waals surface area contributed by atoms with Gasteiger partial charge < -0.3 is 14.6 Å². The van der Waals surface area contributed by atoms with Crippen molar-refractivity contribution >= 4 is 23.2 Å². The highest BCUT2D eigenvalue weighted by Crippen LogP contribution is 2.23. The van der Waals surface area contributed by atoms with Crippen LogP contribution in [0.4, 0.5) is 5.69 Å². The lowest BCUT2D eigenvalue weighted by atomic mass is 10.2. The zero-order valence-electron chi connectivity index (χ0n) is 16.3. The van der Waals surface area contributed by atoms with E-state index in [1.807, 2.05) is 0 Å². The van der Waals surface area contributed by atoms with Crippen molar-refractivity contribution in [2.45, 2.75) is 6.54 Å². The number of nitrogens with zero attached hydrogens (tertiary/aromatic N) is 4. The molecule has 156 valence electrons. The third kappa shape index (κ3) is 4.62. The number of halogens is 1. The van der Waals surface area contributed by atoms with E-state index >= 15 is 0 Å². The molecule has 1 amide bonds. The van der Waals surface area contributed by atoms with E-state index in [-0.39, 0.29) is 18.1 Å². The van der Waals surface area contributed by atoms with Crippen molar-refractivity contribution in [3.05, 3.63) is 76.0 Å². The fourth-order valence-corrected chi connectivity index (χ4v) is 2.92. The first-order valence-corrected chi connectivity index (χ1v) is 9.52. The molecule has 0 atom stereocenters. The molecule has 0 bridgehead atoms. The van der Waals surface area contributed by atoms with Gasteiger partial charge in [0.2, 0.25) is 11.7 Å². The van der Waals surface area contributed by atoms with Crippen LogP contribution in [-0.4, -0.2) is 32.9 Å². The molecule has 0 radical (unpaired) electrons. The van der Waals surface area contributed by atoms with Crippen LogP contribution in [0.3, 0.4) is 0 Å². The van der Waals surface area contributed by atoms with Gasteiger partial charge >= 0.3 is 0 Å². The van der Waals surface area contributed by atoms with E-state index in [1.165, 1.54) is 19.2 Å². The molecule has 0 spiro atoms. The summed E-state index contributed by atoms with van der Waals surface area (Å²) in [5.74, 6) is 0.526. The lowest BCUT2D eigenvalue weighted by Crippen LogP contribution is -2.29. The fourth-order valence-electron chi connectivity index (χ4n) is 2.79. The Morgan fingerprint density at radius 2 is 1.90 bits per heavy atom. The number of methoxy groups -OCH3 is 1. The smallest absolute Gasteiger partial charge is 0.278 e. The topological polar surface area (TPSA) is 112 Å². The number of aromatic nitrogens is 4. The highest BCUT2D eigenvalue weighted by Gasteiger charge is 2.15. The second kappa shape index (κ2) is 8.80. The van der Waals surface area contributed by atoms with E-state index in [2.05, 4.69) is 20.6 Å². The van der Waals surface area contributed by atoms with Crippen LogP contribution in [0.25, 0.3) is 23.0 Å². The Labute approximate surface area is 181 Å². The number of benzene rings is 2. The molecule has 4 aromatic rings. The van der Waals surface area contributed by atoms with Gasteiger partial charge in [0.15, 0.2) is 0 Å². The Morgan fingerprint density at radius 3 is 2.68 bits per heavy atom. The maximum Gasteiger partial charge on any atom is 0.278 e. The van der Waals surface area contributed by atoms with Crippen LogP contribution in [-0.2, 0) is 11.3 Å². The molecule has 31 heavy (non-hydrogen) atoms. The number of nitrogens with one attached hydrogen (secondary N) is 1. The zero-order valence-corrected chi connectivity index (χ0v) is 17.0. The van der Waals surface area contributed by atoms with Gasteiger partial charge in [-0.05, 0) is 42.5 Å². The first-order valence-electron chi connectivity index (χ1n) is 9.14. The SMILES string of the molecule is COc1ccccc1NC(=O)Cn1nc(-c2nc(-c3ccc(Cl)cc3)no2)ccc1=O. The maximum absolute atomic E-state index is 12.4. The standard InChI is InChI=1S/C21H16ClN5O4/c1-30-17-5-3-2-4-15(17)23-18(28)12-27-19(29)11-10-16(25-27)21-24-20(26-31-21)13-6-8-14(22)9-7-13/h2-11H,12H2,1H3,(H,23,28). The van der Waals surface area contributed by atoms with Crippen molar-refractivity contribution in [3.63, 3.8) is 0 Å². The van der Waals surface area contributed by atoms with Gasteiger partial charge in [0.05, 0.1) is 12.8 Å². The average molecular weight is 438 g/mol. The van der Waals surface area contributed by atoms with Crippen molar-refractivity contribution < 1.29 is 14.1 Å². The molecule has 1 N–H and O–H groups in total. The Hall–Kier alpha value is -3.98. The van der Waals surface area contributed by atoms with Gasteiger partial charge in [0, 0.05) is 16.7 Å². The van der Waals surface area contributed by atoms with Crippen molar-refractivity contribution in [3.8, 4) is 28.7 Å². The second-order valence-electron chi connectivity index (χ2n) is 6.39. The van der Waals surface area contributed by atoms with Gasteiger partial charge in [0.25, 0.3) is 11.4 Å². The summed E-state index contributed by atoms with van der Waals surface area (Å²) >= 11 is 5.90. The molecule has 10 heteroatoms. The van der Waals surface area contributed by atoms with Crippen LogP contribution in [0.5, 0.6) is 5.75 Å². The van der Waals surface area contributed by atoms with E-state index < -0.39 is 11.5 Å². The molecule has 0 unspecified atom stereocenters. The van der Waals surface area contributed by atoms with Crippen molar-refractivity contribution in [2.75, 3.05) is 12.4 Å². The van der Waals surface area contributed by atoms with E-state index in [1.54, 1.807) is 48.5 Å². The summed E-state index contributed by atoms with van der Waals surface area (Å²) in [6, 6.07) is 16.6. The summed E-state index contributed by atoms with van der Waals surface area (Å²) in [5.41, 5.74) is 1.02. The van der Waals surface area contributed by atoms with E-state index in [4.69, 9.17) is 20.9 Å². The first-order chi connectivity index (χ1) is 15.0. The van der Waals surface area contributed by atoms with E-state index in [9.17, 15) is 9.59 Å². The van der Waals surface area contributed by atoms with Gasteiger partial charge in [-0.3, -0.25) is 9.59 Å². The lowest BCUT2D eigenvalue weighted by Gasteiger charge is -2.10. The van der Waals surface area contributed by atoms with E-state index in [0.29, 0.717) is 27.8 Å². The minimum atomic E-state index is -0.448. The highest BCUT2D eigenvalue weighted by atomic mass is 35.5. The zero-order chi connectivity index (χ0) is 21.8. The van der Waals surface area contributed by atoms with Crippen molar-refractivity contribution in [1.82, 2.24) is 19.9 Å². The molecule has 0 aliphatic carbocycles. The minimum absolute atomic E-state index is 0.115. The van der Waals surface area contributed by atoms with E-state index in [0.717, 1.165) is 4.68 Å². The number of hydrogen-bond donors (Lipinski definition) is 1. The maximum atomic E-state index is 12.4. The Bertz CT molecular complexity index is 1280. The summed E-state index contributed by atoms with van der Waals surface area (Å²) < 4.78 is 11.5. The molecule has 0 aliphatic heterocycles. The summed E-state index contributed by atoms with van der Waals surface area (Å²) in [4.78, 5) is 28.9. The molecule has 0 saturated carbocycles. The predicted octanol–water partition coefficient (Wildman–Crippen LogP) is 3.26. The third-order valence-electron chi connectivity index (χ3n) is 4.29. The van der Waals surface area contributed by atoms with Gasteiger partial charge in [-0.25, -0.2) is 4.68 Å². The predicted molar refractivity (Wildman–Crippen MR) is 114 cm³/mol. The average Bonchev–Trinajstić information content (AvgIpc) is 3.26. The monoisotopic (exact) mass is 437 g/mol. The van der Waals surface area contributed by atoms with Gasteiger partial charge in [-0.1, -0.05) is 28.9 Å². The fraction of sp³-hybridized carbons (Fsp3) is 0.0952. The number of carbonyl (C=O) groups is 1. The lowest BCUT2D eigenvalue weighted by molar-refractivity contribution is -0.117. The molecular weight excluding hydrogens is 422 g/mol. The number of para-hydroxylation sites is 2. The van der Waals surface area contributed by atoms with Crippen LogP contribution in [0.2, 0.25) is 5.02 Å². The van der Waals surface area contributed by atoms with Gasteiger partial charge in [-0.2, -0.15) is 10.1 Å². The normalized spacial score (nSPS) is 10.6. The largest absolute Gasteiger partial charge is 0.495 e. The number of ether oxygens (including phenoxy) is 1. The molecule has 9 nitrogen and oxygen atoms in total. The van der Waals surface area contributed by atoms with Crippen LogP contribution in [0.1, 0.15) is 0 Å². The van der Waals surface area contributed by atoms with Crippen LogP contribution in [0, 0.1) is 0 Å². The molecule has 0 aliphatic rings. The minimum Gasteiger partial charge on any atom is -0.495 e. The highest BCUT2D eigenvalue weighted by molar-refractivity contribution is 6.30. The summed E-state index contributed by atoms with van der Waals surface area (Å²) in [6.07, 6.45) is 0. The third-order valence-corrected chi connectivity index (χ3v) is 4.54. The molecule has 4 rings (SSSR count). The molecule has 2 aromatic heterocycles. The van der Waals surface area contributed by atoms with Crippen molar-refractivity contribution in [2.24, 2.45) is 0 Å². The number of anilines is 1. The Morgan fingerprint density at radius 1 is 1.13 bits per heavy atom. The van der Waals surface area contributed by atoms with Crippen LogP contribution in [0.15, 0.2) is 70.0 Å². The summed E-state index contributed by atoms with van der Waals surface area (Å²) in [7, 11) is 1.50. The Balaban J connectivity index is 1.54. The quantitative estimate of drug-likeness (QED) is 0.492. The number of rotatable bonds is 6. The van der Waals surface area contributed by atoms with Crippen molar-refractivity contribution in [1.29, 1.82) is 0 Å². The molecule has 0 fully saturated rings. The Kier molecular flexibility index (Phi) is 5.76. The van der Waals surface area contributed by atoms with Gasteiger partial charge in [0.1, 0.15) is 18.0 Å². The van der Waals surface area contributed by atoms with Gasteiger partial charge in [-0.15, -0.1) is 0 Å². The number of carbonyl (C=O) groups excluding carboxylic acids is 1. The molecular formula is C21H16ClN5O4.